The van der Waals surface area contributed by atoms with Gasteiger partial charge in [0.25, 0.3) is 10.1 Å². The lowest BCUT2D eigenvalue weighted by Gasteiger charge is -2.01. The Balaban J connectivity index is 3.65. The lowest BCUT2D eigenvalue weighted by molar-refractivity contribution is -0.139. The first kappa shape index (κ1) is 11.3. The summed E-state index contributed by atoms with van der Waals surface area (Å²) < 4.78 is 28.4. The topological polar surface area (TPSA) is 112 Å². The van der Waals surface area contributed by atoms with Crippen molar-refractivity contribution >= 4 is 16.1 Å². The summed E-state index contributed by atoms with van der Waals surface area (Å²) in [6, 6.07) is 0. The van der Waals surface area contributed by atoms with Crippen LogP contribution in [0.15, 0.2) is 0 Å². The van der Waals surface area contributed by atoms with E-state index in [0.717, 1.165) is 0 Å². The van der Waals surface area contributed by atoms with Gasteiger partial charge >= 0.3 is 5.97 Å². The Hall–Kier alpha value is -0.660. The number of hydrogen-bond donors (Lipinski definition) is 3. The number of hydrogen-bond acceptors (Lipinski definition) is 4. The number of rotatable bonds is 5. The van der Waals surface area contributed by atoms with Crippen LogP contribution in [0.25, 0.3) is 0 Å². The van der Waals surface area contributed by atoms with Crippen LogP contribution in [0.5, 0.6) is 0 Å². The summed E-state index contributed by atoms with van der Waals surface area (Å²) in [5, 5.41) is 16.7. The maximum atomic E-state index is 10.1. The van der Waals surface area contributed by atoms with Gasteiger partial charge in [0.2, 0.25) is 6.10 Å². The third-order valence-electron chi connectivity index (χ3n) is 1.06. The van der Waals surface area contributed by atoms with E-state index in [1.807, 2.05) is 0 Å². The van der Waals surface area contributed by atoms with Gasteiger partial charge in [-0.05, 0) is 12.8 Å². The van der Waals surface area contributed by atoms with Crippen molar-refractivity contribution in [3.05, 3.63) is 6.10 Å². The Morgan fingerprint density at radius 2 is 1.75 bits per heavy atom. The van der Waals surface area contributed by atoms with Gasteiger partial charge in [0.15, 0.2) is 0 Å². The van der Waals surface area contributed by atoms with Crippen LogP contribution in [-0.2, 0) is 14.9 Å². The molecule has 6 nitrogen and oxygen atoms in total. The largest absolute Gasteiger partial charge is 0.479 e. The second-order valence-electron chi connectivity index (χ2n) is 2.14. The van der Waals surface area contributed by atoms with Crippen LogP contribution >= 0.6 is 0 Å². The van der Waals surface area contributed by atoms with Gasteiger partial charge in [-0.1, -0.05) is 0 Å². The van der Waals surface area contributed by atoms with Gasteiger partial charge in [-0.25, -0.2) is 4.79 Å². The van der Waals surface area contributed by atoms with Crippen molar-refractivity contribution in [3.8, 4) is 0 Å². The zero-order valence-electron chi connectivity index (χ0n) is 6.10. The molecule has 0 aromatic heterocycles. The number of aliphatic carboxylic acids is 1. The Bertz CT molecular complexity index is 243. The van der Waals surface area contributed by atoms with E-state index in [0.29, 0.717) is 0 Å². The third-order valence-corrected chi connectivity index (χ3v) is 1.87. The fourth-order valence-corrected chi connectivity index (χ4v) is 1.04. The van der Waals surface area contributed by atoms with Gasteiger partial charge in [0, 0.05) is 0 Å². The van der Waals surface area contributed by atoms with E-state index in [2.05, 4.69) is 0 Å². The summed E-state index contributed by atoms with van der Waals surface area (Å²) in [6.45, 7) is 0. The molecule has 0 amide bonds. The fourth-order valence-electron chi connectivity index (χ4n) is 0.529. The van der Waals surface area contributed by atoms with Crippen LogP contribution in [0.1, 0.15) is 12.8 Å². The summed E-state index contributed by atoms with van der Waals surface area (Å²) in [5.74, 6) is -2.03. The van der Waals surface area contributed by atoms with Crippen LogP contribution in [0.4, 0.5) is 0 Å². The van der Waals surface area contributed by atoms with Crippen LogP contribution in [0.3, 0.4) is 0 Å². The highest BCUT2D eigenvalue weighted by atomic mass is 32.2. The molecule has 0 aliphatic rings. The molecule has 0 atom stereocenters. The zero-order chi connectivity index (χ0) is 9.78. The molecule has 7 heteroatoms. The van der Waals surface area contributed by atoms with Gasteiger partial charge in [0.05, 0.1) is 5.75 Å². The van der Waals surface area contributed by atoms with Crippen molar-refractivity contribution in [2.45, 2.75) is 12.8 Å². The molecular formula is C5H9O6S. The average Bonchev–Trinajstić information content (AvgIpc) is 1.84. The van der Waals surface area contributed by atoms with Gasteiger partial charge in [-0.3, -0.25) is 4.55 Å². The highest BCUT2D eigenvalue weighted by molar-refractivity contribution is 7.85. The second-order valence-corrected chi connectivity index (χ2v) is 3.71. The van der Waals surface area contributed by atoms with Crippen LogP contribution in [-0.4, -0.2) is 34.9 Å². The van der Waals surface area contributed by atoms with E-state index < -0.39 is 27.9 Å². The summed E-state index contributed by atoms with van der Waals surface area (Å²) in [4.78, 5) is 9.96. The van der Waals surface area contributed by atoms with E-state index in [1.54, 1.807) is 0 Å². The van der Waals surface area contributed by atoms with Crippen molar-refractivity contribution in [2.75, 3.05) is 5.75 Å². The van der Waals surface area contributed by atoms with E-state index >= 15 is 0 Å². The van der Waals surface area contributed by atoms with Crippen LogP contribution in [0.2, 0.25) is 0 Å². The number of carbonyl (C=O) groups is 1. The Kier molecular flexibility index (Phi) is 4.15. The highest BCUT2D eigenvalue weighted by Crippen LogP contribution is 2.05. The van der Waals surface area contributed by atoms with Gasteiger partial charge in [0.1, 0.15) is 0 Å². The fraction of sp³-hybridized carbons (Fsp3) is 0.600. The van der Waals surface area contributed by atoms with Gasteiger partial charge in [-0.2, -0.15) is 8.42 Å². The average molecular weight is 197 g/mol. The Morgan fingerprint density at radius 3 is 2.08 bits per heavy atom. The molecule has 3 N–H and O–H groups in total. The summed E-state index contributed by atoms with van der Waals surface area (Å²) in [6.07, 6.45) is -1.19. The van der Waals surface area contributed by atoms with Crippen molar-refractivity contribution in [2.24, 2.45) is 0 Å². The molecule has 0 saturated heterocycles. The zero-order valence-corrected chi connectivity index (χ0v) is 6.91. The number of aliphatic hydroxyl groups is 1. The molecular weight excluding hydrogens is 188 g/mol. The molecule has 0 fully saturated rings. The van der Waals surface area contributed by atoms with Crippen molar-refractivity contribution in [1.29, 1.82) is 0 Å². The van der Waals surface area contributed by atoms with Gasteiger partial charge in [-0.15, -0.1) is 0 Å². The first-order valence-electron chi connectivity index (χ1n) is 3.06. The molecule has 0 rings (SSSR count). The first-order chi connectivity index (χ1) is 5.33. The number of carboxylic acid groups (broad SMARTS) is 1. The Labute approximate surface area is 69.6 Å². The summed E-state index contributed by atoms with van der Waals surface area (Å²) in [5.41, 5.74) is 0. The Morgan fingerprint density at radius 1 is 1.25 bits per heavy atom. The molecule has 0 aromatic rings. The number of carboxylic acids is 1. The highest BCUT2D eigenvalue weighted by Gasteiger charge is 2.15. The lowest BCUT2D eigenvalue weighted by atomic mass is 10.2. The minimum atomic E-state index is -4.06. The predicted octanol–water partition coefficient (Wildman–Crippen LogP) is -0.357. The van der Waals surface area contributed by atoms with E-state index in [9.17, 15) is 13.2 Å². The minimum absolute atomic E-state index is 0.114. The van der Waals surface area contributed by atoms with E-state index in [4.69, 9.17) is 14.8 Å². The lowest BCUT2D eigenvalue weighted by Crippen LogP contribution is -2.12. The van der Waals surface area contributed by atoms with Crippen molar-refractivity contribution in [1.82, 2.24) is 0 Å². The maximum absolute atomic E-state index is 10.1. The molecule has 71 valence electrons. The van der Waals surface area contributed by atoms with Crippen molar-refractivity contribution < 1.29 is 28.0 Å². The molecule has 1 radical (unpaired) electrons. The monoisotopic (exact) mass is 197 g/mol. The molecule has 0 heterocycles. The smallest absolute Gasteiger partial charge is 0.339 e. The maximum Gasteiger partial charge on any atom is 0.339 e. The summed E-state index contributed by atoms with van der Waals surface area (Å²) >= 11 is 0. The van der Waals surface area contributed by atoms with Gasteiger partial charge < -0.3 is 10.2 Å². The number of aliphatic hydroxyl groups excluding tert-OH is 1. The van der Waals surface area contributed by atoms with E-state index in [1.165, 1.54) is 0 Å². The predicted molar refractivity (Wildman–Crippen MR) is 38.5 cm³/mol. The molecule has 0 bridgehead atoms. The summed E-state index contributed by atoms with van der Waals surface area (Å²) in [7, 11) is -4.06. The molecule has 0 unspecified atom stereocenters. The molecule has 0 spiro atoms. The molecule has 0 aromatic carbocycles. The minimum Gasteiger partial charge on any atom is -0.479 e. The first-order valence-corrected chi connectivity index (χ1v) is 4.67. The molecule has 0 aliphatic carbocycles. The van der Waals surface area contributed by atoms with Crippen LogP contribution in [0, 0.1) is 6.10 Å². The SMILES string of the molecule is O=C(O)[C](O)CCCS(=O)(=O)O. The third kappa shape index (κ3) is 6.08. The molecule has 0 aliphatic heterocycles. The van der Waals surface area contributed by atoms with Crippen LogP contribution < -0.4 is 0 Å². The standard InChI is InChI=1S/C5H9O6S/c6-4(5(7)8)2-1-3-12(9,10)11/h6H,1-3H2,(H,7,8)(H,9,10,11). The quantitative estimate of drug-likeness (QED) is 0.519. The second kappa shape index (κ2) is 4.39. The molecule has 0 saturated carbocycles. The normalized spacial score (nSPS) is 11.9. The van der Waals surface area contributed by atoms with Crippen molar-refractivity contribution in [3.63, 3.8) is 0 Å². The van der Waals surface area contributed by atoms with E-state index in [-0.39, 0.29) is 12.8 Å². The molecule has 12 heavy (non-hydrogen) atoms.